The number of aromatic nitrogens is 3. The molecule has 7 heteroatoms. The van der Waals surface area contributed by atoms with E-state index in [1.165, 1.54) is 0 Å². The van der Waals surface area contributed by atoms with Crippen molar-refractivity contribution in [1.29, 1.82) is 0 Å². The molecule has 1 atom stereocenters. The largest absolute Gasteiger partial charge is 0.374 e. The first-order valence-corrected chi connectivity index (χ1v) is 7.91. The molecule has 1 aliphatic heterocycles. The van der Waals surface area contributed by atoms with Crippen LogP contribution < -0.4 is 0 Å². The highest BCUT2D eigenvalue weighted by molar-refractivity contribution is 5.95. The van der Waals surface area contributed by atoms with Gasteiger partial charge in [0, 0.05) is 31.9 Å². The molecule has 0 aliphatic carbocycles. The van der Waals surface area contributed by atoms with E-state index in [4.69, 9.17) is 4.74 Å². The van der Waals surface area contributed by atoms with E-state index in [0.29, 0.717) is 25.3 Å². The van der Waals surface area contributed by atoms with E-state index in [0.717, 1.165) is 24.3 Å². The van der Waals surface area contributed by atoms with Gasteiger partial charge in [0.05, 0.1) is 30.2 Å². The molecule has 2 aromatic heterocycles. The summed E-state index contributed by atoms with van der Waals surface area (Å²) in [6.45, 7) is 4.68. The first kappa shape index (κ1) is 15.9. The summed E-state index contributed by atoms with van der Waals surface area (Å²) >= 11 is 0. The number of aryl methyl sites for hydroxylation is 1. The molecular formula is C16H23N5O2. The number of ether oxygens (including phenoxy) is 1. The van der Waals surface area contributed by atoms with Gasteiger partial charge in [0.2, 0.25) is 0 Å². The number of fused-ring (bicyclic) bond motifs is 1. The van der Waals surface area contributed by atoms with Crippen LogP contribution in [-0.4, -0.2) is 76.7 Å². The van der Waals surface area contributed by atoms with E-state index >= 15 is 0 Å². The minimum Gasteiger partial charge on any atom is -0.374 e. The van der Waals surface area contributed by atoms with Crippen molar-refractivity contribution < 1.29 is 9.53 Å². The fourth-order valence-electron chi connectivity index (χ4n) is 2.85. The molecule has 1 fully saturated rings. The predicted octanol–water partition coefficient (Wildman–Crippen LogP) is 0.830. The van der Waals surface area contributed by atoms with Gasteiger partial charge in [0.25, 0.3) is 5.91 Å². The van der Waals surface area contributed by atoms with Gasteiger partial charge in [-0.15, -0.1) is 0 Å². The average Bonchev–Trinajstić information content (AvgIpc) is 3.02. The van der Waals surface area contributed by atoms with Crippen LogP contribution in [0.5, 0.6) is 0 Å². The van der Waals surface area contributed by atoms with E-state index in [2.05, 4.69) is 15.0 Å². The van der Waals surface area contributed by atoms with Gasteiger partial charge in [0.15, 0.2) is 5.65 Å². The zero-order valence-corrected chi connectivity index (χ0v) is 13.9. The molecule has 0 saturated carbocycles. The summed E-state index contributed by atoms with van der Waals surface area (Å²) < 4.78 is 7.48. The van der Waals surface area contributed by atoms with Gasteiger partial charge in [-0.2, -0.15) is 5.10 Å². The van der Waals surface area contributed by atoms with Crippen LogP contribution in [0.25, 0.3) is 5.65 Å². The van der Waals surface area contributed by atoms with Gasteiger partial charge in [-0.25, -0.2) is 9.50 Å². The third-order valence-corrected chi connectivity index (χ3v) is 4.21. The van der Waals surface area contributed by atoms with Crippen LogP contribution in [0, 0.1) is 6.92 Å². The lowest BCUT2D eigenvalue weighted by molar-refractivity contribution is -0.0270. The Morgan fingerprint density at radius 3 is 3.09 bits per heavy atom. The van der Waals surface area contributed by atoms with Crippen molar-refractivity contribution in [3.63, 3.8) is 0 Å². The molecule has 0 N–H and O–H groups in total. The zero-order chi connectivity index (χ0) is 16.4. The van der Waals surface area contributed by atoms with Gasteiger partial charge in [-0.3, -0.25) is 4.79 Å². The maximum absolute atomic E-state index is 12.8. The SMILES string of the molecule is Cc1c(C(=O)N2CCOC(CCN(C)C)C2)cnc2ccnn12. The van der Waals surface area contributed by atoms with Crippen molar-refractivity contribution in [2.45, 2.75) is 19.4 Å². The average molecular weight is 317 g/mol. The summed E-state index contributed by atoms with van der Waals surface area (Å²) in [4.78, 5) is 21.2. The molecular weight excluding hydrogens is 294 g/mol. The number of rotatable bonds is 4. The van der Waals surface area contributed by atoms with Crippen LogP contribution in [-0.2, 0) is 4.74 Å². The van der Waals surface area contributed by atoms with Gasteiger partial charge in [-0.1, -0.05) is 0 Å². The lowest BCUT2D eigenvalue weighted by Gasteiger charge is -2.33. The van der Waals surface area contributed by atoms with Crippen molar-refractivity contribution in [2.24, 2.45) is 0 Å². The molecule has 0 radical (unpaired) electrons. The lowest BCUT2D eigenvalue weighted by atomic mass is 10.1. The quantitative estimate of drug-likeness (QED) is 0.836. The maximum Gasteiger partial charge on any atom is 0.257 e. The molecule has 0 spiro atoms. The third-order valence-electron chi connectivity index (χ3n) is 4.21. The number of carbonyl (C=O) groups is 1. The fourth-order valence-corrected chi connectivity index (χ4v) is 2.85. The second kappa shape index (κ2) is 6.64. The summed E-state index contributed by atoms with van der Waals surface area (Å²) in [6.07, 6.45) is 4.36. The fraction of sp³-hybridized carbons (Fsp3) is 0.562. The monoisotopic (exact) mass is 317 g/mol. The van der Waals surface area contributed by atoms with E-state index in [1.54, 1.807) is 16.9 Å². The van der Waals surface area contributed by atoms with Crippen LogP contribution >= 0.6 is 0 Å². The normalized spacial score (nSPS) is 18.8. The molecule has 1 amide bonds. The van der Waals surface area contributed by atoms with Crippen molar-refractivity contribution >= 4 is 11.6 Å². The molecule has 1 unspecified atom stereocenters. The predicted molar refractivity (Wildman–Crippen MR) is 86.5 cm³/mol. The number of amides is 1. The highest BCUT2D eigenvalue weighted by atomic mass is 16.5. The number of morpholine rings is 1. The summed E-state index contributed by atoms with van der Waals surface area (Å²) in [5.41, 5.74) is 2.18. The Labute approximate surface area is 135 Å². The van der Waals surface area contributed by atoms with E-state index in [1.807, 2.05) is 32.0 Å². The summed E-state index contributed by atoms with van der Waals surface area (Å²) in [5, 5.41) is 4.22. The van der Waals surface area contributed by atoms with Crippen LogP contribution in [0.1, 0.15) is 22.5 Å². The van der Waals surface area contributed by atoms with Crippen LogP contribution in [0.15, 0.2) is 18.5 Å². The molecule has 1 aliphatic rings. The molecule has 23 heavy (non-hydrogen) atoms. The van der Waals surface area contributed by atoms with Crippen molar-refractivity contribution in [3.05, 3.63) is 29.7 Å². The van der Waals surface area contributed by atoms with E-state index < -0.39 is 0 Å². The van der Waals surface area contributed by atoms with Gasteiger partial charge >= 0.3 is 0 Å². The number of carbonyl (C=O) groups excluding carboxylic acids is 1. The van der Waals surface area contributed by atoms with E-state index in [9.17, 15) is 4.79 Å². The summed E-state index contributed by atoms with van der Waals surface area (Å²) in [5.74, 6) is 0.00514. The molecule has 3 rings (SSSR count). The Morgan fingerprint density at radius 2 is 2.30 bits per heavy atom. The first-order valence-electron chi connectivity index (χ1n) is 7.91. The molecule has 2 aromatic rings. The van der Waals surface area contributed by atoms with Crippen molar-refractivity contribution in [3.8, 4) is 0 Å². The maximum atomic E-state index is 12.8. The molecule has 7 nitrogen and oxygen atoms in total. The minimum absolute atomic E-state index is 0.00514. The highest BCUT2D eigenvalue weighted by Crippen LogP contribution is 2.16. The Kier molecular flexibility index (Phi) is 4.58. The number of nitrogens with zero attached hydrogens (tertiary/aromatic N) is 5. The minimum atomic E-state index is 0.00514. The smallest absolute Gasteiger partial charge is 0.257 e. The van der Waals surface area contributed by atoms with Crippen LogP contribution in [0.3, 0.4) is 0 Å². The summed E-state index contributed by atoms with van der Waals surface area (Å²) in [6, 6.07) is 1.83. The van der Waals surface area contributed by atoms with E-state index in [-0.39, 0.29) is 12.0 Å². The van der Waals surface area contributed by atoms with Gasteiger partial charge < -0.3 is 14.5 Å². The van der Waals surface area contributed by atoms with Gasteiger partial charge in [0.1, 0.15) is 0 Å². The first-order chi connectivity index (χ1) is 11.1. The summed E-state index contributed by atoms with van der Waals surface area (Å²) in [7, 11) is 4.08. The Bertz CT molecular complexity index is 697. The number of hydrogen-bond donors (Lipinski definition) is 0. The second-order valence-electron chi connectivity index (χ2n) is 6.19. The Morgan fingerprint density at radius 1 is 1.48 bits per heavy atom. The molecule has 124 valence electrons. The molecule has 0 aromatic carbocycles. The van der Waals surface area contributed by atoms with Crippen molar-refractivity contribution in [2.75, 3.05) is 40.3 Å². The van der Waals surface area contributed by atoms with Crippen molar-refractivity contribution in [1.82, 2.24) is 24.4 Å². The van der Waals surface area contributed by atoms with Crippen LogP contribution in [0.2, 0.25) is 0 Å². The Balaban J connectivity index is 1.74. The standard InChI is InChI=1S/C16H23N5O2/c1-12-14(10-17-15-4-6-18-21(12)15)16(22)20-8-9-23-13(11-20)5-7-19(2)3/h4,6,10,13H,5,7-9,11H2,1-3H3. The molecule has 0 bridgehead atoms. The van der Waals surface area contributed by atoms with Crippen LogP contribution in [0.4, 0.5) is 0 Å². The third kappa shape index (κ3) is 3.35. The zero-order valence-electron chi connectivity index (χ0n) is 13.9. The van der Waals surface area contributed by atoms with Gasteiger partial charge in [-0.05, 0) is 27.4 Å². The topological polar surface area (TPSA) is 63.0 Å². The molecule has 1 saturated heterocycles. The Hall–Kier alpha value is -1.99. The highest BCUT2D eigenvalue weighted by Gasteiger charge is 2.26. The second-order valence-corrected chi connectivity index (χ2v) is 6.19. The number of hydrogen-bond acceptors (Lipinski definition) is 5. The molecule has 3 heterocycles. The lowest BCUT2D eigenvalue weighted by Crippen LogP contribution is -2.46.